The minimum Gasteiger partial charge on any atom is -0.494 e. The molecule has 1 aliphatic heterocycles. The van der Waals surface area contributed by atoms with E-state index in [1.807, 2.05) is 13.1 Å². The molecule has 1 aliphatic carbocycles. The van der Waals surface area contributed by atoms with E-state index in [-0.39, 0.29) is 0 Å². The van der Waals surface area contributed by atoms with E-state index in [4.69, 9.17) is 4.74 Å². The number of rotatable bonds is 8. The highest BCUT2D eigenvalue weighted by molar-refractivity contribution is 5.37. The maximum atomic E-state index is 6.02. The van der Waals surface area contributed by atoms with Gasteiger partial charge in [-0.3, -0.25) is 0 Å². The van der Waals surface area contributed by atoms with Crippen LogP contribution in [0.5, 0.6) is 5.75 Å². The SMILES string of the molecule is CN(CCCOc1ccc2c(c1)CCC(CN1CCCC1)C2)c1ncccn1. The lowest BCUT2D eigenvalue weighted by atomic mass is 9.83. The number of aryl methyl sites for hydroxylation is 1. The predicted molar refractivity (Wildman–Crippen MR) is 113 cm³/mol. The number of fused-ring (bicyclic) bond motifs is 1. The van der Waals surface area contributed by atoms with E-state index in [1.54, 1.807) is 12.4 Å². The maximum absolute atomic E-state index is 6.02. The maximum Gasteiger partial charge on any atom is 0.224 e. The fourth-order valence-electron chi connectivity index (χ4n) is 4.46. The van der Waals surface area contributed by atoms with Gasteiger partial charge in [0.2, 0.25) is 5.95 Å². The van der Waals surface area contributed by atoms with Gasteiger partial charge in [-0.05, 0) is 86.9 Å². The number of aromatic nitrogens is 2. The van der Waals surface area contributed by atoms with Crippen molar-refractivity contribution in [2.45, 2.75) is 38.5 Å². The summed E-state index contributed by atoms with van der Waals surface area (Å²) in [5.74, 6) is 2.60. The molecule has 4 rings (SSSR count). The number of benzene rings is 1. The van der Waals surface area contributed by atoms with Gasteiger partial charge in [0.25, 0.3) is 0 Å². The van der Waals surface area contributed by atoms with Crippen LogP contribution in [0.3, 0.4) is 0 Å². The highest BCUT2D eigenvalue weighted by Gasteiger charge is 2.22. The second-order valence-corrected chi connectivity index (χ2v) is 8.22. The molecule has 5 heteroatoms. The first-order chi connectivity index (χ1) is 13.8. The van der Waals surface area contributed by atoms with Gasteiger partial charge in [0.15, 0.2) is 0 Å². The topological polar surface area (TPSA) is 41.5 Å². The highest BCUT2D eigenvalue weighted by Crippen LogP contribution is 2.29. The van der Waals surface area contributed by atoms with Gasteiger partial charge in [-0.1, -0.05) is 6.07 Å². The number of nitrogens with zero attached hydrogens (tertiary/aromatic N) is 4. The molecule has 0 N–H and O–H groups in total. The van der Waals surface area contributed by atoms with Gasteiger partial charge >= 0.3 is 0 Å². The first kappa shape index (κ1) is 19.2. The Morgan fingerprint density at radius 1 is 1.14 bits per heavy atom. The summed E-state index contributed by atoms with van der Waals surface area (Å²) in [7, 11) is 2.02. The van der Waals surface area contributed by atoms with Crippen LogP contribution in [0.15, 0.2) is 36.7 Å². The van der Waals surface area contributed by atoms with Gasteiger partial charge in [-0.2, -0.15) is 0 Å². The van der Waals surface area contributed by atoms with Crippen LogP contribution in [-0.4, -0.2) is 54.7 Å². The highest BCUT2D eigenvalue weighted by atomic mass is 16.5. The summed E-state index contributed by atoms with van der Waals surface area (Å²) in [6.07, 6.45) is 11.0. The van der Waals surface area contributed by atoms with E-state index in [9.17, 15) is 0 Å². The zero-order chi connectivity index (χ0) is 19.2. The largest absolute Gasteiger partial charge is 0.494 e. The Balaban J connectivity index is 1.22. The summed E-state index contributed by atoms with van der Waals surface area (Å²) in [6, 6.07) is 8.56. The van der Waals surface area contributed by atoms with Crippen molar-refractivity contribution < 1.29 is 4.74 Å². The van der Waals surface area contributed by atoms with Crippen LogP contribution in [-0.2, 0) is 12.8 Å². The second-order valence-electron chi connectivity index (χ2n) is 8.22. The third kappa shape index (κ3) is 5.02. The van der Waals surface area contributed by atoms with E-state index in [0.717, 1.165) is 30.6 Å². The van der Waals surface area contributed by atoms with Gasteiger partial charge in [0, 0.05) is 32.5 Å². The Morgan fingerprint density at radius 2 is 1.96 bits per heavy atom. The van der Waals surface area contributed by atoms with Crippen LogP contribution >= 0.6 is 0 Å². The fraction of sp³-hybridized carbons (Fsp3) is 0.565. The normalized spacial score (nSPS) is 19.4. The predicted octanol–water partition coefficient (Wildman–Crippen LogP) is 3.58. The average Bonchev–Trinajstić information content (AvgIpc) is 3.25. The number of hydrogen-bond donors (Lipinski definition) is 0. The van der Waals surface area contributed by atoms with Gasteiger partial charge in [-0.15, -0.1) is 0 Å². The van der Waals surface area contributed by atoms with Gasteiger partial charge in [-0.25, -0.2) is 9.97 Å². The van der Waals surface area contributed by atoms with Crippen molar-refractivity contribution in [2.24, 2.45) is 5.92 Å². The fourth-order valence-corrected chi connectivity index (χ4v) is 4.46. The molecular weight excluding hydrogens is 348 g/mol. The molecule has 1 saturated heterocycles. The summed E-state index contributed by atoms with van der Waals surface area (Å²) in [5.41, 5.74) is 3.02. The van der Waals surface area contributed by atoms with Crippen LogP contribution in [0.25, 0.3) is 0 Å². The van der Waals surface area contributed by atoms with Crippen LogP contribution in [0.4, 0.5) is 5.95 Å². The molecule has 0 radical (unpaired) electrons. The molecule has 2 aliphatic rings. The average molecular weight is 381 g/mol. The molecule has 1 aromatic carbocycles. The molecular formula is C23H32N4O. The Bertz CT molecular complexity index is 746. The molecule has 150 valence electrons. The quantitative estimate of drug-likeness (QED) is 0.655. The molecule has 1 atom stereocenters. The van der Waals surface area contributed by atoms with E-state index >= 15 is 0 Å². The van der Waals surface area contributed by atoms with E-state index in [0.29, 0.717) is 6.61 Å². The summed E-state index contributed by atoms with van der Waals surface area (Å²) in [5, 5.41) is 0. The Morgan fingerprint density at radius 3 is 2.79 bits per heavy atom. The molecule has 1 aromatic heterocycles. The monoisotopic (exact) mass is 380 g/mol. The Labute approximate surface area is 168 Å². The first-order valence-corrected chi connectivity index (χ1v) is 10.7. The molecule has 0 bridgehead atoms. The van der Waals surface area contributed by atoms with E-state index in [2.05, 4.69) is 38.0 Å². The number of hydrogen-bond acceptors (Lipinski definition) is 5. The molecule has 28 heavy (non-hydrogen) atoms. The smallest absolute Gasteiger partial charge is 0.224 e. The molecule has 5 nitrogen and oxygen atoms in total. The summed E-state index contributed by atoms with van der Waals surface area (Å²) in [4.78, 5) is 13.3. The Kier molecular flexibility index (Phi) is 6.42. The van der Waals surface area contributed by atoms with Crippen LogP contribution < -0.4 is 9.64 Å². The van der Waals surface area contributed by atoms with Crippen molar-refractivity contribution in [3.05, 3.63) is 47.8 Å². The van der Waals surface area contributed by atoms with Crippen molar-refractivity contribution in [2.75, 3.05) is 44.7 Å². The first-order valence-electron chi connectivity index (χ1n) is 10.7. The van der Waals surface area contributed by atoms with Crippen LogP contribution in [0.2, 0.25) is 0 Å². The van der Waals surface area contributed by atoms with Crippen LogP contribution in [0.1, 0.15) is 36.8 Å². The lowest BCUT2D eigenvalue weighted by molar-refractivity contribution is 0.261. The molecule has 0 saturated carbocycles. The zero-order valence-corrected chi connectivity index (χ0v) is 17.0. The minimum absolute atomic E-state index is 0.716. The van der Waals surface area contributed by atoms with Crippen molar-refractivity contribution in [1.29, 1.82) is 0 Å². The van der Waals surface area contributed by atoms with Crippen molar-refractivity contribution in [3.8, 4) is 5.75 Å². The molecule has 2 aromatic rings. The van der Waals surface area contributed by atoms with E-state index in [1.165, 1.54) is 62.9 Å². The number of ether oxygens (including phenoxy) is 1. The van der Waals surface area contributed by atoms with Crippen molar-refractivity contribution >= 4 is 5.95 Å². The molecule has 0 amide bonds. The van der Waals surface area contributed by atoms with Gasteiger partial charge < -0.3 is 14.5 Å². The number of anilines is 1. The molecule has 0 spiro atoms. The lowest BCUT2D eigenvalue weighted by Gasteiger charge is -2.28. The molecule has 2 heterocycles. The Hall–Kier alpha value is -2.14. The van der Waals surface area contributed by atoms with Crippen molar-refractivity contribution in [1.82, 2.24) is 14.9 Å². The third-order valence-electron chi connectivity index (χ3n) is 6.02. The minimum atomic E-state index is 0.716. The standard InChI is InChI=1S/C23H32N4O/c1-26(23-24-10-4-11-25-23)12-5-15-28-22-9-8-20-16-19(6-7-21(20)17-22)18-27-13-2-3-14-27/h4,8-11,17,19H,2-3,5-7,12-16,18H2,1H3. The lowest BCUT2D eigenvalue weighted by Crippen LogP contribution is -2.30. The van der Waals surface area contributed by atoms with E-state index < -0.39 is 0 Å². The third-order valence-corrected chi connectivity index (χ3v) is 6.02. The summed E-state index contributed by atoms with van der Waals surface area (Å²) < 4.78 is 6.02. The zero-order valence-electron chi connectivity index (χ0n) is 17.0. The van der Waals surface area contributed by atoms with Gasteiger partial charge in [0.05, 0.1) is 6.61 Å². The second kappa shape index (κ2) is 9.37. The van der Waals surface area contributed by atoms with Crippen LogP contribution in [0, 0.1) is 5.92 Å². The van der Waals surface area contributed by atoms with Crippen molar-refractivity contribution in [3.63, 3.8) is 0 Å². The molecule has 1 fully saturated rings. The number of likely N-dealkylation sites (tertiary alicyclic amines) is 1. The van der Waals surface area contributed by atoms with Gasteiger partial charge in [0.1, 0.15) is 5.75 Å². The summed E-state index contributed by atoms with van der Waals surface area (Å²) >= 11 is 0. The molecule has 1 unspecified atom stereocenters. The summed E-state index contributed by atoms with van der Waals surface area (Å²) in [6.45, 7) is 5.50.